The summed E-state index contributed by atoms with van der Waals surface area (Å²) in [6.07, 6.45) is 1.84. The summed E-state index contributed by atoms with van der Waals surface area (Å²) >= 11 is 0. The zero-order valence-electron chi connectivity index (χ0n) is 13.7. The molecule has 21 heavy (non-hydrogen) atoms. The average Bonchev–Trinajstić information content (AvgIpc) is 2.50. The van der Waals surface area contributed by atoms with Gasteiger partial charge in [-0.15, -0.1) is 0 Å². The summed E-state index contributed by atoms with van der Waals surface area (Å²) in [6, 6.07) is -0.0280. The van der Waals surface area contributed by atoms with Gasteiger partial charge in [0.15, 0.2) is 5.84 Å². The number of carbonyl (C=O) groups excluding carboxylic acids is 1. The average molecular weight is 298 g/mol. The minimum absolute atomic E-state index is 0.0280. The van der Waals surface area contributed by atoms with Gasteiger partial charge in [-0.05, 0) is 12.3 Å². The Kier molecular flexibility index (Phi) is 6.95. The van der Waals surface area contributed by atoms with Gasteiger partial charge in [-0.2, -0.15) is 0 Å². The Morgan fingerprint density at radius 1 is 1.24 bits per heavy atom. The lowest BCUT2D eigenvalue weighted by Crippen LogP contribution is -2.56. The molecule has 0 aliphatic carbocycles. The molecule has 1 heterocycles. The fraction of sp³-hybridized carbons (Fsp3) is 0.867. The van der Waals surface area contributed by atoms with Crippen molar-refractivity contribution < 1.29 is 10.0 Å². The number of nitrogens with zero attached hydrogens (tertiary/aromatic N) is 3. The van der Waals surface area contributed by atoms with Crippen LogP contribution in [-0.2, 0) is 4.79 Å². The van der Waals surface area contributed by atoms with Gasteiger partial charge in [0, 0.05) is 32.1 Å². The molecular weight excluding hydrogens is 268 g/mol. The number of carbonyl (C=O) groups is 1. The van der Waals surface area contributed by atoms with E-state index >= 15 is 0 Å². The third-order valence-electron chi connectivity index (χ3n) is 4.48. The van der Waals surface area contributed by atoms with Gasteiger partial charge in [-0.1, -0.05) is 39.3 Å². The summed E-state index contributed by atoms with van der Waals surface area (Å²) in [7, 11) is 0. The smallest absolute Gasteiger partial charge is 0.225 e. The first-order chi connectivity index (χ1) is 9.92. The maximum atomic E-state index is 12.4. The summed E-state index contributed by atoms with van der Waals surface area (Å²) in [5, 5.41) is 12.1. The number of rotatable bonds is 6. The summed E-state index contributed by atoms with van der Waals surface area (Å²) in [4.78, 5) is 16.5. The summed E-state index contributed by atoms with van der Waals surface area (Å²) in [5.41, 5.74) is 5.79. The molecule has 0 aromatic rings. The lowest BCUT2D eigenvalue weighted by molar-refractivity contribution is -0.138. The highest BCUT2D eigenvalue weighted by Gasteiger charge is 2.30. The third kappa shape index (κ3) is 4.59. The third-order valence-corrected chi connectivity index (χ3v) is 4.48. The number of amides is 1. The Labute approximate surface area is 128 Å². The number of oxime groups is 1. The highest BCUT2D eigenvalue weighted by atomic mass is 16.4. The van der Waals surface area contributed by atoms with E-state index in [9.17, 15) is 4.79 Å². The SMILES string of the molecule is CCCC(C(N)=NO)N1CCN(C(=O)C(C)C(C)C)CC1. The van der Waals surface area contributed by atoms with Crippen LogP contribution in [0.5, 0.6) is 0 Å². The van der Waals surface area contributed by atoms with E-state index in [1.165, 1.54) is 0 Å². The molecule has 1 amide bonds. The first kappa shape index (κ1) is 17.8. The second-order valence-corrected chi connectivity index (χ2v) is 6.22. The number of amidine groups is 1. The predicted octanol–water partition coefficient (Wildman–Crippen LogP) is 1.34. The summed E-state index contributed by atoms with van der Waals surface area (Å²) < 4.78 is 0. The summed E-state index contributed by atoms with van der Waals surface area (Å²) in [6.45, 7) is 11.2. The van der Waals surface area contributed by atoms with E-state index in [2.05, 4.69) is 30.8 Å². The lowest BCUT2D eigenvalue weighted by Gasteiger charge is -2.39. The molecular formula is C15H30N4O2. The standard InChI is InChI=1S/C15H30N4O2/c1-5-6-13(14(16)17-21)18-7-9-19(10-8-18)15(20)12(4)11(2)3/h11-13,21H,5-10H2,1-4H3,(H2,16,17). The van der Waals surface area contributed by atoms with Crippen LogP contribution >= 0.6 is 0 Å². The van der Waals surface area contributed by atoms with E-state index in [1.807, 2.05) is 11.8 Å². The van der Waals surface area contributed by atoms with Crippen molar-refractivity contribution in [3.05, 3.63) is 0 Å². The molecule has 6 heteroatoms. The van der Waals surface area contributed by atoms with Crippen LogP contribution in [0.3, 0.4) is 0 Å². The highest BCUT2D eigenvalue weighted by Crippen LogP contribution is 2.17. The minimum atomic E-state index is -0.0280. The van der Waals surface area contributed by atoms with Crippen LogP contribution in [0.15, 0.2) is 5.16 Å². The summed E-state index contributed by atoms with van der Waals surface area (Å²) in [5.74, 6) is 0.931. The van der Waals surface area contributed by atoms with Gasteiger partial charge in [0.05, 0.1) is 6.04 Å². The predicted molar refractivity (Wildman–Crippen MR) is 84.3 cm³/mol. The Morgan fingerprint density at radius 3 is 2.24 bits per heavy atom. The second-order valence-electron chi connectivity index (χ2n) is 6.22. The number of hydrogen-bond acceptors (Lipinski definition) is 4. The molecule has 1 aliphatic rings. The van der Waals surface area contributed by atoms with Crippen LogP contribution in [0.1, 0.15) is 40.5 Å². The maximum Gasteiger partial charge on any atom is 0.225 e. The molecule has 0 spiro atoms. The van der Waals surface area contributed by atoms with Crippen molar-refractivity contribution in [2.45, 2.75) is 46.6 Å². The molecule has 1 fully saturated rings. The first-order valence-corrected chi connectivity index (χ1v) is 7.92. The van der Waals surface area contributed by atoms with E-state index in [0.29, 0.717) is 5.92 Å². The quantitative estimate of drug-likeness (QED) is 0.335. The number of piperazine rings is 1. The molecule has 2 atom stereocenters. The topological polar surface area (TPSA) is 82.2 Å². The van der Waals surface area contributed by atoms with Crippen LogP contribution in [0.2, 0.25) is 0 Å². The molecule has 0 aromatic heterocycles. The Hall–Kier alpha value is -1.30. The Balaban J connectivity index is 2.60. The van der Waals surface area contributed by atoms with E-state index in [1.54, 1.807) is 0 Å². The Bertz CT molecular complexity index is 363. The molecule has 0 aromatic carbocycles. The van der Waals surface area contributed by atoms with Crippen LogP contribution in [0, 0.1) is 11.8 Å². The zero-order chi connectivity index (χ0) is 16.0. The molecule has 0 radical (unpaired) electrons. The molecule has 0 bridgehead atoms. The molecule has 1 saturated heterocycles. The second kappa shape index (κ2) is 8.22. The number of hydrogen-bond donors (Lipinski definition) is 2. The van der Waals surface area contributed by atoms with Crippen molar-refractivity contribution in [2.24, 2.45) is 22.7 Å². The van der Waals surface area contributed by atoms with Crippen LogP contribution in [0.4, 0.5) is 0 Å². The minimum Gasteiger partial charge on any atom is -0.409 e. The molecule has 122 valence electrons. The van der Waals surface area contributed by atoms with Gasteiger partial charge in [-0.3, -0.25) is 9.69 Å². The fourth-order valence-electron chi connectivity index (χ4n) is 2.68. The van der Waals surface area contributed by atoms with E-state index in [0.717, 1.165) is 39.0 Å². The Morgan fingerprint density at radius 2 is 1.81 bits per heavy atom. The molecule has 6 nitrogen and oxygen atoms in total. The van der Waals surface area contributed by atoms with E-state index in [4.69, 9.17) is 10.9 Å². The van der Waals surface area contributed by atoms with Crippen LogP contribution in [-0.4, -0.2) is 59.0 Å². The largest absolute Gasteiger partial charge is 0.409 e. The molecule has 0 saturated carbocycles. The van der Waals surface area contributed by atoms with Gasteiger partial charge in [0.2, 0.25) is 5.91 Å². The van der Waals surface area contributed by atoms with Crippen molar-refractivity contribution in [1.29, 1.82) is 0 Å². The molecule has 1 aliphatic heterocycles. The number of nitrogens with two attached hydrogens (primary N) is 1. The van der Waals surface area contributed by atoms with Crippen molar-refractivity contribution in [2.75, 3.05) is 26.2 Å². The van der Waals surface area contributed by atoms with E-state index in [-0.39, 0.29) is 23.7 Å². The molecule has 3 N–H and O–H groups in total. The van der Waals surface area contributed by atoms with Crippen LogP contribution in [0.25, 0.3) is 0 Å². The van der Waals surface area contributed by atoms with Crippen molar-refractivity contribution >= 4 is 11.7 Å². The fourth-order valence-corrected chi connectivity index (χ4v) is 2.68. The van der Waals surface area contributed by atoms with Crippen molar-refractivity contribution in [3.8, 4) is 0 Å². The van der Waals surface area contributed by atoms with E-state index < -0.39 is 0 Å². The van der Waals surface area contributed by atoms with Gasteiger partial charge < -0.3 is 15.8 Å². The van der Waals surface area contributed by atoms with Crippen molar-refractivity contribution in [1.82, 2.24) is 9.80 Å². The molecule has 2 unspecified atom stereocenters. The van der Waals surface area contributed by atoms with Crippen molar-refractivity contribution in [3.63, 3.8) is 0 Å². The normalized spacial score (nSPS) is 20.6. The van der Waals surface area contributed by atoms with Gasteiger partial charge in [-0.25, -0.2) is 0 Å². The van der Waals surface area contributed by atoms with Gasteiger partial charge >= 0.3 is 0 Å². The highest BCUT2D eigenvalue weighted by molar-refractivity contribution is 5.85. The zero-order valence-corrected chi connectivity index (χ0v) is 13.7. The van der Waals surface area contributed by atoms with Crippen LogP contribution < -0.4 is 5.73 Å². The maximum absolute atomic E-state index is 12.4. The monoisotopic (exact) mass is 298 g/mol. The first-order valence-electron chi connectivity index (χ1n) is 7.92. The van der Waals surface area contributed by atoms with Gasteiger partial charge in [0.25, 0.3) is 0 Å². The molecule has 1 rings (SSSR count). The lowest BCUT2D eigenvalue weighted by atomic mass is 9.96. The van der Waals surface area contributed by atoms with Gasteiger partial charge in [0.1, 0.15) is 0 Å².